The van der Waals surface area contributed by atoms with Gasteiger partial charge in [0.1, 0.15) is 0 Å². The third-order valence-corrected chi connectivity index (χ3v) is 4.10. The molecule has 0 atom stereocenters. The van der Waals surface area contributed by atoms with Crippen LogP contribution in [0.5, 0.6) is 0 Å². The molecule has 6 nitrogen and oxygen atoms in total. The highest BCUT2D eigenvalue weighted by Crippen LogP contribution is 2.16. The molecule has 0 amide bonds. The Bertz CT molecular complexity index is 965. The van der Waals surface area contributed by atoms with Gasteiger partial charge in [-0.15, -0.1) is 0 Å². The molecule has 2 aromatic heterocycles. The molecule has 26 heavy (non-hydrogen) atoms. The van der Waals surface area contributed by atoms with Crippen molar-refractivity contribution < 1.29 is 9.53 Å². The Labute approximate surface area is 151 Å². The summed E-state index contributed by atoms with van der Waals surface area (Å²) in [4.78, 5) is 29.0. The van der Waals surface area contributed by atoms with Crippen LogP contribution in [-0.2, 0) is 11.2 Å². The number of hydrogen-bond acceptors (Lipinski definition) is 5. The minimum Gasteiger partial charge on any atom is -0.461 e. The second kappa shape index (κ2) is 7.91. The molecule has 0 spiro atoms. The van der Waals surface area contributed by atoms with Gasteiger partial charge >= 0.3 is 5.97 Å². The van der Waals surface area contributed by atoms with E-state index in [1.165, 1.54) is 4.68 Å². The molecule has 0 fully saturated rings. The Morgan fingerprint density at radius 2 is 1.81 bits per heavy atom. The van der Waals surface area contributed by atoms with Crippen LogP contribution in [0, 0.1) is 0 Å². The molecule has 0 aliphatic carbocycles. The van der Waals surface area contributed by atoms with Crippen molar-refractivity contribution in [1.29, 1.82) is 0 Å². The summed E-state index contributed by atoms with van der Waals surface area (Å²) in [5.74, 6) is -0.509. The lowest BCUT2D eigenvalue weighted by atomic mass is 10.1. The van der Waals surface area contributed by atoms with Crippen molar-refractivity contribution in [2.24, 2.45) is 0 Å². The number of aryl methyl sites for hydroxylation is 1. The summed E-state index contributed by atoms with van der Waals surface area (Å²) in [6.45, 7) is 4.00. The third kappa shape index (κ3) is 3.79. The van der Waals surface area contributed by atoms with E-state index < -0.39 is 5.97 Å². The van der Waals surface area contributed by atoms with Gasteiger partial charge in [0.15, 0.2) is 5.69 Å². The van der Waals surface area contributed by atoms with Gasteiger partial charge in [0.25, 0.3) is 5.56 Å². The number of esters is 1. The second-order valence-electron chi connectivity index (χ2n) is 6.33. The Morgan fingerprint density at radius 3 is 2.50 bits per heavy atom. The molecule has 1 aromatic carbocycles. The van der Waals surface area contributed by atoms with E-state index >= 15 is 0 Å². The SMILES string of the molecule is CC(C)n1nc(C(=O)OCCCc2ccncc2)c2ccccc2c1=O. The highest BCUT2D eigenvalue weighted by Gasteiger charge is 2.18. The normalized spacial score (nSPS) is 11.0. The van der Waals surface area contributed by atoms with E-state index in [4.69, 9.17) is 4.74 Å². The van der Waals surface area contributed by atoms with Crippen molar-refractivity contribution in [2.75, 3.05) is 6.61 Å². The van der Waals surface area contributed by atoms with Gasteiger partial charge < -0.3 is 4.74 Å². The van der Waals surface area contributed by atoms with Crippen molar-refractivity contribution in [3.63, 3.8) is 0 Å². The third-order valence-electron chi connectivity index (χ3n) is 4.10. The summed E-state index contributed by atoms with van der Waals surface area (Å²) >= 11 is 0. The van der Waals surface area contributed by atoms with Crippen LogP contribution in [0.15, 0.2) is 53.6 Å². The van der Waals surface area contributed by atoms with E-state index in [0.717, 1.165) is 12.0 Å². The monoisotopic (exact) mass is 351 g/mol. The average Bonchev–Trinajstić information content (AvgIpc) is 2.66. The number of carbonyl (C=O) groups is 1. The lowest BCUT2D eigenvalue weighted by Crippen LogP contribution is -2.28. The average molecular weight is 351 g/mol. The highest BCUT2D eigenvalue weighted by atomic mass is 16.5. The molecule has 2 heterocycles. The number of carbonyl (C=O) groups excluding carboxylic acids is 1. The topological polar surface area (TPSA) is 74.1 Å². The number of hydrogen-bond donors (Lipinski definition) is 0. The van der Waals surface area contributed by atoms with Gasteiger partial charge in [-0.1, -0.05) is 18.2 Å². The van der Waals surface area contributed by atoms with E-state index in [2.05, 4.69) is 10.1 Å². The van der Waals surface area contributed by atoms with Crippen molar-refractivity contribution in [2.45, 2.75) is 32.7 Å². The van der Waals surface area contributed by atoms with Crippen molar-refractivity contribution in [1.82, 2.24) is 14.8 Å². The Kier molecular flexibility index (Phi) is 5.41. The molecule has 0 bridgehead atoms. The zero-order chi connectivity index (χ0) is 18.5. The summed E-state index contributed by atoms with van der Waals surface area (Å²) in [7, 11) is 0. The maximum absolute atomic E-state index is 12.5. The molecule has 0 aliphatic heterocycles. The highest BCUT2D eigenvalue weighted by molar-refractivity contribution is 6.02. The molecular weight excluding hydrogens is 330 g/mol. The predicted molar refractivity (Wildman–Crippen MR) is 99.2 cm³/mol. The quantitative estimate of drug-likeness (QED) is 0.504. The van der Waals surface area contributed by atoms with Crippen LogP contribution >= 0.6 is 0 Å². The maximum Gasteiger partial charge on any atom is 0.359 e. The molecule has 0 saturated carbocycles. The molecule has 3 rings (SSSR count). The summed E-state index contributed by atoms with van der Waals surface area (Å²) < 4.78 is 6.73. The number of benzene rings is 1. The smallest absolute Gasteiger partial charge is 0.359 e. The first kappa shape index (κ1) is 17.8. The molecular formula is C20H21N3O3. The molecule has 0 radical (unpaired) electrons. The van der Waals surface area contributed by atoms with E-state index in [0.29, 0.717) is 17.2 Å². The summed E-state index contributed by atoms with van der Waals surface area (Å²) in [5.41, 5.74) is 1.12. The van der Waals surface area contributed by atoms with E-state index in [1.54, 1.807) is 36.7 Å². The van der Waals surface area contributed by atoms with Crippen molar-refractivity contribution in [3.05, 3.63) is 70.4 Å². The summed E-state index contributed by atoms with van der Waals surface area (Å²) in [5, 5.41) is 5.25. The molecule has 0 N–H and O–H groups in total. The van der Waals surface area contributed by atoms with Gasteiger partial charge in [-0.05, 0) is 50.5 Å². The van der Waals surface area contributed by atoms with Gasteiger partial charge in [-0.2, -0.15) is 5.10 Å². The fraction of sp³-hybridized carbons (Fsp3) is 0.300. The number of fused-ring (bicyclic) bond motifs is 1. The second-order valence-corrected chi connectivity index (χ2v) is 6.33. The van der Waals surface area contributed by atoms with Crippen LogP contribution in [0.1, 0.15) is 42.4 Å². The lowest BCUT2D eigenvalue weighted by Gasteiger charge is -2.13. The van der Waals surface area contributed by atoms with Crippen molar-refractivity contribution in [3.8, 4) is 0 Å². The van der Waals surface area contributed by atoms with E-state index in [1.807, 2.05) is 26.0 Å². The molecule has 0 aliphatic rings. The van der Waals surface area contributed by atoms with Crippen LogP contribution < -0.4 is 5.56 Å². The zero-order valence-corrected chi connectivity index (χ0v) is 14.9. The molecule has 6 heteroatoms. The van der Waals surface area contributed by atoms with Gasteiger partial charge in [0, 0.05) is 17.8 Å². The van der Waals surface area contributed by atoms with Crippen LogP contribution in [0.2, 0.25) is 0 Å². The van der Waals surface area contributed by atoms with E-state index in [9.17, 15) is 9.59 Å². The van der Waals surface area contributed by atoms with Crippen molar-refractivity contribution >= 4 is 16.7 Å². The summed E-state index contributed by atoms with van der Waals surface area (Å²) in [6, 6.07) is 10.7. The van der Waals surface area contributed by atoms with Crippen LogP contribution in [-0.4, -0.2) is 27.3 Å². The molecule has 134 valence electrons. The minimum absolute atomic E-state index is 0.148. The largest absolute Gasteiger partial charge is 0.461 e. The molecule has 0 saturated heterocycles. The summed E-state index contributed by atoms with van der Waals surface area (Å²) in [6.07, 6.45) is 4.99. The standard InChI is InChI=1S/C20H21N3O3/c1-14(2)23-19(24)17-8-4-3-7-16(17)18(22-23)20(25)26-13-5-6-15-9-11-21-12-10-15/h3-4,7-12,14H,5-6,13H2,1-2H3. The van der Waals surface area contributed by atoms with Gasteiger partial charge in [-0.25, -0.2) is 9.48 Å². The lowest BCUT2D eigenvalue weighted by molar-refractivity contribution is 0.0493. The number of pyridine rings is 1. The van der Waals surface area contributed by atoms with Gasteiger partial charge in [0.2, 0.25) is 0 Å². The number of nitrogens with zero attached hydrogens (tertiary/aromatic N) is 3. The van der Waals surface area contributed by atoms with Gasteiger partial charge in [0.05, 0.1) is 18.0 Å². The molecule has 3 aromatic rings. The Hall–Kier alpha value is -3.02. The van der Waals surface area contributed by atoms with Crippen LogP contribution in [0.3, 0.4) is 0 Å². The Morgan fingerprint density at radius 1 is 1.12 bits per heavy atom. The first-order chi connectivity index (χ1) is 12.6. The Balaban J connectivity index is 1.77. The number of aromatic nitrogens is 3. The minimum atomic E-state index is -0.509. The predicted octanol–water partition coefficient (Wildman–Crippen LogP) is 3.16. The fourth-order valence-electron chi connectivity index (χ4n) is 2.77. The fourth-order valence-corrected chi connectivity index (χ4v) is 2.77. The number of rotatable bonds is 6. The molecule has 0 unspecified atom stereocenters. The zero-order valence-electron chi connectivity index (χ0n) is 14.9. The number of ether oxygens (including phenoxy) is 1. The maximum atomic E-state index is 12.5. The van der Waals surface area contributed by atoms with Crippen LogP contribution in [0.4, 0.5) is 0 Å². The van der Waals surface area contributed by atoms with Crippen LogP contribution in [0.25, 0.3) is 10.8 Å². The van der Waals surface area contributed by atoms with Gasteiger partial charge in [-0.3, -0.25) is 9.78 Å². The first-order valence-electron chi connectivity index (χ1n) is 8.65. The first-order valence-corrected chi connectivity index (χ1v) is 8.65. The van der Waals surface area contributed by atoms with E-state index in [-0.39, 0.29) is 23.9 Å².